The maximum Gasteiger partial charge on any atom is 0.387 e. The monoisotopic (exact) mass is 413 g/mol. The number of ether oxygens (including phenoxy) is 2. The number of amides is 1. The predicted octanol–water partition coefficient (Wildman–Crippen LogP) is 2.88. The summed E-state index contributed by atoms with van der Waals surface area (Å²) in [5.74, 6) is -2.08. The molecule has 10 heteroatoms. The molecule has 0 aliphatic heterocycles. The molecule has 1 N–H and O–H groups in total. The largest absolute Gasteiger partial charge is 0.449 e. The van der Waals surface area contributed by atoms with E-state index < -0.39 is 34.4 Å². The molecule has 1 amide bonds. The Morgan fingerprint density at radius 3 is 2.29 bits per heavy atom. The molecule has 2 aromatic carbocycles. The number of nitrogens with one attached hydrogen (secondary N) is 1. The fourth-order valence-corrected chi connectivity index (χ4v) is 3.12. The van der Waals surface area contributed by atoms with Crippen molar-refractivity contribution < 1.29 is 36.3 Å². The van der Waals surface area contributed by atoms with E-state index in [1.807, 2.05) is 0 Å². The third-order valence-corrected chi connectivity index (χ3v) is 4.68. The maximum atomic E-state index is 12.4. The smallest absolute Gasteiger partial charge is 0.387 e. The number of rotatable bonds is 7. The van der Waals surface area contributed by atoms with E-state index in [-0.39, 0.29) is 21.9 Å². The van der Waals surface area contributed by atoms with Crippen LogP contribution in [0.25, 0.3) is 0 Å². The van der Waals surface area contributed by atoms with Crippen molar-refractivity contribution in [2.45, 2.75) is 24.5 Å². The van der Waals surface area contributed by atoms with E-state index in [2.05, 4.69) is 10.1 Å². The average Bonchev–Trinajstić information content (AvgIpc) is 2.62. The van der Waals surface area contributed by atoms with Crippen molar-refractivity contribution in [2.75, 3.05) is 11.6 Å². The number of carbonyl (C=O) groups is 2. The van der Waals surface area contributed by atoms with E-state index in [9.17, 15) is 26.8 Å². The van der Waals surface area contributed by atoms with Crippen LogP contribution in [0.4, 0.5) is 14.5 Å². The molecule has 0 heterocycles. The quantitative estimate of drug-likeness (QED) is 0.701. The highest BCUT2D eigenvalue weighted by Crippen LogP contribution is 2.26. The van der Waals surface area contributed by atoms with E-state index in [1.54, 1.807) is 0 Å². The zero-order chi connectivity index (χ0) is 20.9. The van der Waals surface area contributed by atoms with Crippen molar-refractivity contribution in [3.63, 3.8) is 0 Å². The van der Waals surface area contributed by atoms with Gasteiger partial charge in [0.05, 0.1) is 16.1 Å². The topological polar surface area (TPSA) is 98.8 Å². The Bertz CT molecular complexity index is 978. The minimum absolute atomic E-state index is 0.0350. The zero-order valence-electron chi connectivity index (χ0n) is 14.9. The highest BCUT2D eigenvalue weighted by atomic mass is 32.2. The van der Waals surface area contributed by atoms with Gasteiger partial charge in [0, 0.05) is 6.26 Å². The summed E-state index contributed by atoms with van der Waals surface area (Å²) < 4.78 is 57.8. The number of benzene rings is 2. The van der Waals surface area contributed by atoms with Crippen LogP contribution in [0.2, 0.25) is 0 Å². The molecule has 0 bridgehead atoms. The van der Waals surface area contributed by atoms with Gasteiger partial charge >= 0.3 is 12.6 Å². The van der Waals surface area contributed by atoms with Crippen molar-refractivity contribution in [1.29, 1.82) is 0 Å². The van der Waals surface area contributed by atoms with Crippen molar-refractivity contribution in [3.8, 4) is 5.75 Å². The van der Waals surface area contributed by atoms with E-state index in [1.165, 1.54) is 55.5 Å². The summed E-state index contributed by atoms with van der Waals surface area (Å²) in [7, 11) is -3.69. The Morgan fingerprint density at radius 1 is 1.04 bits per heavy atom. The summed E-state index contributed by atoms with van der Waals surface area (Å²) in [6.45, 7) is -1.83. The molecular weight excluding hydrogens is 396 g/mol. The van der Waals surface area contributed by atoms with Gasteiger partial charge in [-0.3, -0.25) is 4.79 Å². The predicted molar refractivity (Wildman–Crippen MR) is 96.1 cm³/mol. The summed E-state index contributed by atoms with van der Waals surface area (Å²) >= 11 is 0. The van der Waals surface area contributed by atoms with Gasteiger partial charge in [-0.25, -0.2) is 13.2 Å². The molecule has 28 heavy (non-hydrogen) atoms. The van der Waals surface area contributed by atoms with E-state index in [4.69, 9.17) is 4.74 Å². The minimum atomic E-state index is -3.69. The highest BCUT2D eigenvalue weighted by Gasteiger charge is 2.24. The third kappa shape index (κ3) is 5.49. The molecule has 0 aromatic heterocycles. The second-order valence-corrected chi connectivity index (χ2v) is 7.66. The van der Waals surface area contributed by atoms with Crippen LogP contribution in [0.3, 0.4) is 0 Å². The van der Waals surface area contributed by atoms with Gasteiger partial charge in [-0.15, -0.1) is 0 Å². The molecule has 0 saturated carbocycles. The molecule has 2 rings (SSSR count). The van der Waals surface area contributed by atoms with Gasteiger partial charge in [-0.2, -0.15) is 8.78 Å². The fourth-order valence-electron chi connectivity index (χ4n) is 2.24. The Labute approximate surface area is 160 Å². The van der Waals surface area contributed by atoms with Gasteiger partial charge in [0.1, 0.15) is 5.75 Å². The number of anilines is 1. The lowest BCUT2D eigenvalue weighted by atomic mass is 10.2. The van der Waals surface area contributed by atoms with Crippen LogP contribution in [-0.4, -0.2) is 39.3 Å². The first-order chi connectivity index (χ1) is 13.1. The second kappa shape index (κ2) is 8.79. The molecule has 0 fully saturated rings. The molecule has 2 aromatic rings. The van der Waals surface area contributed by atoms with Crippen LogP contribution >= 0.6 is 0 Å². The zero-order valence-corrected chi connectivity index (χ0v) is 15.7. The Kier molecular flexibility index (Phi) is 6.68. The average molecular weight is 413 g/mol. The van der Waals surface area contributed by atoms with Crippen molar-refractivity contribution >= 4 is 27.4 Å². The molecule has 0 radical (unpaired) electrons. The number of hydrogen-bond acceptors (Lipinski definition) is 6. The molecular formula is C18H17F2NO6S. The van der Waals surface area contributed by atoms with E-state index >= 15 is 0 Å². The van der Waals surface area contributed by atoms with E-state index in [0.717, 1.165) is 6.26 Å². The summed E-state index contributed by atoms with van der Waals surface area (Å²) in [5.41, 5.74) is -0.252. The van der Waals surface area contributed by atoms with E-state index in [0.29, 0.717) is 0 Å². The molecule has 7 nitrogen and oxygen atoms in total. The maximum absolute atomic E-state index is 12.4. The van der Waals surface area contributed by atoms with Gasteiger partial charge < -0.3 is 14.8 Å². The molecule has 0 unspecified atom stereocenters. The number of alkyl halides is 2. The first kappa shape index (κ1) is 21.3. The first-order valence-corrected chi connectivity index (χ1v) is 9.83. The number of esters is 1. The SMILES string of the molecule is C[C@@H](OC(=O)c1ccccc1S(C)(=O)=O)C(=O)Nc1ccccc1OC(F)F. The minimum Gasteiger partial charge on any atom is -0.449 e. The Balaban J connectivity index is 2.13. The molecule has 150 valence electrons. The first-order valence-electron chi connectivity index (χ1n) is 7.94. The van der Waals surface area contributed by atoms with Crippen LogP contribution in [0, 0.1) is 0 Å². The number of halogens is 2. The van der Waals surface area contributed by atoms with Crippen LogP contribution in [0.5, 0.6) is 5.75 Å². The molecule has 0 aliphatic rings. The number of hydrogen-bond donors (Lipinski definition) is 1. The van der Waals surface area contributed by atoms with Crippen LogP contribution in [0.1, 0.15) is 17.3 Å². The Morgan fingerprint density at radius 2 is 1.64 bits per heavy atom. The summed E-state index contributed by atoms with van der Waals surface area (Å²) in [6.07, 6.45) is -0.394. The highest BCUT2D eigenvalue weighted by molar-refractivity contribution is 7.90. The lowest BCUT2D eigenvalue weighted by molar-refractivity contribution is -0.123. The lowest BCUT2D eigenvalue weighted by Gasteiger charge is -2.16. The Hall–Kier alpha value is -3.01. The van der Waals surface area contributed by atoms with Crippen LogP contribution in [-0.2, 0) is 19.4 Å². The number of para-hydroxylation sites is 2. The van der Waals surface area contributed by atoms with Gasteiger partial charge in [-0.05, 0) is 31.2 Å². The second-order valence-electron chi connectivity index (χ2n) is 5.68. The van der Waals surface area contributed by atoms with Crippen LogP contribution in [0.15, 0.2) is 53.4 Å². The van der Waals surface area contributed by atoms with Crippen molar-refractivity contribution in [2.24, 2.45) is 0 Å². The summed E-state index contributed by atoms with van der Waals surface area (Å²) in [4.78, 5) is 24.3. The van der Waals surface area contributed by atoms with Gasteiger partial charge in [-0.1, -0.05) is 24.3 Å². The molecule has 0 saturated heterocycles. The fraction of sp³-hybridized carbons (Fsp3) is 0.222. The summed E-state index contributed by atoms with van der Waals surface area (Å²) in [5, 5.41) is 2.32. The van der Waals surface area contributed by atoms with Gasteiger partial charge in [0.25, 0.3) is 5.91 Å². The van der Waals surface area contributed by atoms with Crippen molar-refractivity contribution in [1.82, 2.24) is 0 Å². The van der Waals surface area contributed by atoms with Gasteiger partial charge in [0.2, 0.25) is 0 Å². The standard InChI is InChI=1S/C18H17F2NO6S/c1-11(16(22)21-13-8-4-5-9-14(13)27-18(19)20)26-17(23)12-7-3-6-10-15(12)28(2,24)25/h3-11,18H,1-2H3,(H,21,22)/t11-/m1/s1. The molecule has 0 aliphatic carbocycles. The van der Waals surface area contributed by atoms with Crippen LogP contribution < -0.4 is 10.1 Å². The molecule has 0 spiro atoms. The summed E-state index contributed by atoms with van der Waals surface area (Å²) in [6, 6.07) is 10.9. The number of sulfone groups is 1. The molecule has 1 atom stereocenters. The third-order valence-electron chi connectivity index (χ3n) is 3.52. The normalized spacial score (nSPS) is 12.3. The van der Waals surface area contributed by atoms with Gasteiger partial charge in [0.15, 0.2) is 15.9 Å². The lowest BCUT2D eigenvalue weighted by Crippen LogP contribution is -2.30. The van der Waals surface area contributed by atoms with Crippen molar-refractivity contribution in [3.05, 3.63) is 54.1 Å². The number of carbonyl (C=O) groups excluding carboxylic acids is 2.